The molecule has 2 N–H and O–H groups in total. The molecule has 0 atom stereocenters. The van der Waals surface area contributed by atoms with E-state index in [2.05, 4.69) is 4.98 Å². The van der Waals surface area contributed by atoms with E-state index in [0.29, 0.717) is 6.07 Å². The Morgan fingerprint density at radius 1 is 1.54 bits per heavy atom. The van der Waals surface area contributed by atoms with Crippen LogP contribution >= 0.6 is 0 Å². The van der Waals surface area contributed by atoms with Crippen LogP contribution in [-0.4, -0.2) is 11.3 Å². The highest BCUT2D eigenvalue weighted by Gasteiger charge is 2.16. The number of anilines is 1. The van der Waals surface area contributed by atoms with Gasteiger partial charge in [-0.25, -0.2) is 13.8 Å². The van der Waals surface area contributed by atoms with Crippen LogP contribution in [0.15, 0.2) is 6.07 Å². The Balaban J connectivity index is 3.32. The molecule has 0 aromatic carbocycles. The zero-order valence-electron chi connectivity index (χ0n) is 6.30. The third-order valence-electron chi connectivity index (χ3n) is 1.41. The van der Waals surface area contributed by atoms with Crippen molar-refractivity contribution in [3.8, 4) is 0 Å². The molecule has 0 unspecified atom stereocenters. The molecule has 1 aromatic rings. The van der Waals surface area contributed by atoms with Gasteiger partial charge in [-0.3, -0.25) is 4.79 Å². The molecule has 1 rings (SSSR count). The standard InChI is InChI=1S/C7H5F3N2O/c8-6(9)3-1-4(11)7(10)12-5(3)2-13/h1-2,6H,11H2. The van der Waals surface area contributed by atoms with Crippen LogP contribution in [-0.2, 0) is 0 Å². The minimum absolute atomic E-state index is 0.0595. The minimum atomic E-state index is -2.89. The van der Waals surface area contributed by atoms with E-state index in [1.807, 2.05) is 0 Å². The first-order valence-corrected chi connectivity index (χ1v) is 3.25. The number of halogens is 3. The van der Waals surface area contributed by atoms with Gasteiger partial charge in [0.05, 0.1) is 5.69 Å². The average Bonchev–Trinajstić information content (AvgIpc) is 2.08. The van der Waals surface area contributed by atoms with Crippen molar-refractivity contribution < 1.29 is 18.0 Å². The van der Waals surface area contributed by atoms with E-state index in [4.69, 9.17) is 5.73 Å². The van der Waals surface area contributed by atoms with Crippen molar-refractivity contribution in [2.24, 2.45) is 0 Å². The number of rotatable bonds is 2. The summed E-state index contributed by atoms with van der Waals surface area (Å²) in [5.41, 5.74) is 3.21. The lowest BCUT2D eigenvalue weighted by atomic mass is 10.2. The van der Waals surface area contributed by atoms with Crippen molar-refractivity contribution in [1.82, 2.24) is 4.98 Å². The maximum atomic E-state index is 12.6. The van der Waals surface area contributed by atoms with Crippen LogP contribution in [0.3, 0.4) is 0 Å². The maximum Gasteiger partial charge on any atom is 0.266 e. The van der Waals surface area contributed by atoms with E-state index in [-0.39, 0.29) is 6.29 Å². The van der Waals surface area contributed by atoms with E-state index >= 15 is 0 Å². The Morgan fingerprint density at radius 3 is 2.62 bits per heavy atom. The third kappa shape index (κ3) is 1.77. The molecule has 13 heavy (non-hydrogen) atoms. The summed E-state index contributed by atoms with van der Waals surface area (Å²) in [6.45, 7) is 0. The fourth-order valence-corrected chi connectivity index (χ4v) is 0.805. The van der Waals surface area contributed by atoms with Gasteiger partial charge < -0.3 is 5.73 Å². The molecule has 0 saturated heterocycles. The SMILES string of the molecule is Nc1cc(C(F)F)c(C=O)nc1F. The second kappa shape index (κ2) is 3.42. The summed E-state index contributed by atoms with van der Waals surface area (Å²) in [6.07, 6.45) is -2.83. The van der Waals surface area contributed by atoms with Crippen LogP contribution in [0.25, 0.3) is 0 Å². The molecule has 0 bridgehead atoms. The predicted octanol–water partition coefficient (Wildman–Crippen LogP) is 1.55. The predicted molar refractivity (Wildman–Crippen MR) is 39.0 cm³/mol. The van der Waals surface area contributed by atoms with Crippen molar-refractivity contribution in [3.63, 3.8) is 0 Å². The molecule has 3 nitrogen and oxygen atoms in total. The number of aromatic nitrogens is 1. The summed E-state index contributed by atoms with van der Waals surface area (Å²) < 4.78 is 36.9. The number of nitrogens with two attached hydrogens (primary N) is 1. The van der Waals surface area contributed by atoms with E-state index in [0.717, 1.165) is 0 Å². The van der Waals surface area contributed by atoms with Crippen LogP contribution in [0.4, 0.5) is 18.9 Å². The van der Waals surface area contributed by atoms with Crippen molar-refractivity contribution >= 4 is 12.0 Å². The van der Waals surface area contributed by atoms with Crippen LogP contribution in [0.2, 0.25) is 0 Å². The number of carbonyl (C=O) groups excluding carboxylic acids is 1. The lowest BCUT2D eigenvalue weighted by molar-refractivity contribution is 0.110. The van der Waals surface area contributed by atoms with Gasteiger partial charge in [-0.05, 0) is 6.07 Å². The lowest BCUT2D eigenvalue weighted by Gasteiger charge is -2.04. The third-order valence-corrected chi connectivity index (χ3v) is 1.41. The van der Waals surface area contributed by atoms with Gasteiger partial charge in [-0.2, -0.15) is 4.39 Å². The van der Waals surface area contributed by atoms with Gasteiger partial charge in [0.15, 0.2) is 6.29 Å². The first-order valence-electron chi connectivity index (χ1n) is 3.25. The van der Waals surface area contributed by atoms with Crippen molar-refractivity contribution in [2.45, 2.75) is 6.43 Å². The fraction of sp³-hybridized carbons (Fsp3) is 0.143. The molecule has 1 aromatic heterocycles. The Labute approximate surface area is 71.4 Å². The molecule has 0 aliphatic carbocycles. The second-order valence-electron chi connectivity index (χ2n) is 2.26. The van der Waals surface area contributed by atoms with Crippen LogP contribution in [0.5, 0.6) is 0 Å². The highest BCUT2D eigenvalue weighted by atomic mass is 19.3. The van der Waals surface area contributed by atoms with Crippen LogP contribution in [0.1, 0.15) is 22.5 Å². The monoisotopic (exact) mass is 190 g/mol. The van der Waals surface area contributed by atoms with Gasteiger partial charge in [0.1, 0.15) is 5.69 Å². The van der Waals surface area contributed by atoms with E-state index in [1.165, 1.54) is 0 Å². The summed E-state index contributed by atoms with van der Waals surface area (Å²) in [5, 5.41) is 0. The number of nitrogens with zero attached hydrogens (tertiary/aromatic N) is 1. The van der Waals surface area contributed by atoms with Gasteiger partial charge >= 0.3 is 0 Å². The summed E-state index contributed by atoms with van der Waals surface area (Å²) in [5.74, 6) is -1.12. The molecular formula is C7H5F3N2O. The van der Waals surface area contributed by atoms with Crippen molar-refractivity contribution in [1.29, 1.82) is 0 Å². The fourth-order valence-electron chi connectivity index (χ4n) is 0.805. The Morgan fingerprint density at radius 2 is 2.15 bits per heavy atom. The van der Waals surface area contributed by atoms with Crippen LogP contribution < -0.4 is 5.73 Å². The second-order valence-corrected chi connectivity index (χ2v) is 2.26. The zero-order valence-corrected chi connectivity index (χ0v) is 6.30. The first-order chi connectivity index (χ1) is 6.06. The summed E-state index contributed by atoms with van der Waals surface area (Å²) in [6, 6.07) is 0.705. The molecule has 0 radical (unpaired) electrons. The molecule has 0 aliphatic rings. The Bertz CT molecular complexity index is 341. The zero-order chi connectivity index (χ0) is 10.0. The largest absolute Gasteiger partial charge is 0.395 e. The first kappa shape index (κ1) is 9.50. The molecule has 0 fully saturated rings. The molecule has 0 aliphatic heterocycles. The van der Waals surface area contributed by atoms with Crippen molar-refractivity contribution in [2.75, 3.05) is 5.73 Å². The maximum absolute atomic E-state index is 12.6. The molecule has 70 valence electrons. The minimum Gasteiger partial charge on any atom is -0.395 e. The average molecular weight is 190 g/mol. The normalized spacial score (nSPS) is 10.5. The summed E-state index contributed by atoms with van der Waals surface area (Å²) in [4.78, 5) is 13.2. The van der Waals surface area contributed by atoms with Crippen LogP contribution in [0, 0.1) is 5.95 Å². The summed E-state index contributed by atoms with van der Waals surface area (Å²) in [7, 11) is 0. The molecule has 0 spiro atoms. The smallest absolute Gasteiger partial charge is 0.266 e. The molecule has 1 heterocycles. The van der Waals surface area contributed by atoms with E-state index in [1.54, 1.807) is 0 Å². The lowest BCUT2D eigenvalue weighted by Crippen LogP contribution is -2.03. The van der Waals surface area contributed by atoms with E-state index < -0.39 is 29.3 Å². The quantitative estimate of drug-likeness (QED) is 0.568. The molecular weight excluding hydrogens is 185 g/mol. The van der Waals surface area contributed by atoms with Gasteiger partial charge in [0.25, 0.3) is 6.43 Å². The molecule has 6 heteroatoms. The van der Waals surface area contributed by atoms with Gasteiger partial charge in [0.2, 0.25) is 5.95 Å². The number of hydrogen-bond donors (Lipinski definition) is 1. The number of carbonyl (C=O) groups is 1. The Kier molecular flexibility index (Phi) is 2.50. The number of aldehydes is 1. The number of hydrogen-bond acceptors (Lipinski definition) is 3. The molecule has 0 saturated carbocycles. The number of alkyl halides is 2. The molecule has 0 amide bonds. The number of nitrogen functional groups attached to an aromatic ring is 1. The van der Waals surface area contributed by atoms with E-state index in [9.17, 15) is 18.0 Å². The highest BCUT2D eigenvalue weighted by molar-refractivity contribution is 5.75. The summed E-state index contributed by atoms with van der Waals surface area (Å²) >= 11 is 0. The van der Waals surface area contributed by atoms with Gasteiger partial charge in [0, 0.05) is 5.56 Å². The van der Waals surface area contributed by atoms with Crippen molar-refractivity contribution in [3.05, 3.63) is 23.3 Å². The Hall–Kier alpha value is -1.59. The van der Waals surface area contributed by atoms with Gasteiger partial charge in [-0.15, -0.1) is 0 Å². The number of pyridine rings is 1. The van der Waals surface area contributed by atoms with Gasteiger partial charge in [-0.1, -0.05) is 0 Å². The topological polar surface area (TPSA) is 56.0 Å². The highest BCUT2D eigenvalue weighted by Crippen LogP contribution is 2.23.